The predicted octanol–water partition coefficient (Wildman–Crippen LogP) is -0.625. The minimum absolute atomic E-state index is 0. The standard InChI is InChI=1S/C8H12O.C6H10O.C2H.BrH.Mg/c1-4-8(3,9)7(2)5-6-7;1-5(7)6(2)3-4-6;1-2;;/h1,9H,5-6H2,2-3H3;3-4H2,1-2H3;1H;1H;/q;;-1;;+2/p-1. The van der Waals surface area contributed by atoms with Gasteiger partial charge in [0.25, 0.3) is 0 Å². The fourth-order valence-corrected chi connectivity index (χ4v) is 1.39. The Bertz CT molecular complexity index is 372. The second-order valence-electron chi connectivity index (χ2n) is 5.89. The maximum atomic E-state index is 10.5. The van der Waals surface area contributed by atoms with Gasteiger partial charge in [-0.05, 0) is 39.5 Å². The molecule has 2 saturated carbocycles. The minimum Gasteiger partial charge on any atom is -1.00 e. The normalized spacial score (nSPS) is 21.3. The van der Waals surface area contributed by atoms with Crippen LogP contribution in [0.1, 0.15) is 53.4 Å². The molecule has 0 heterocycles. The summed E-state index contributed by atoms with van der Waals surface area (Å²) in [4.78, 5) is 10.5. The van der Waals surface area contributed by atoms with Crippen molar-refractivity contribution in [3.05, 3.63) is 6.42 Å². The molecule has 0 aliphatic heterocycles. The van der Waals surface area contributed by atoms with Gasteiger partial charge in [0.15, 0.2) is 0 Å². The van der Waals surface area contributed by atoms with E-state index in [4.69, 9.17) is 12.8 Å². The zero-order valence-electron chi connectivity index (χ0n) is 12.9. The summed E-state index contributed by atoms with van der Waals surface area (Å²) in [6.45, 7) is 7.43. The number of hydrogen-bond donors (Lipinski definition) is 1. The van der Waals surface area contributed by atoms with E-state index in [1.54, 1.807) is 13.8 Å². The van der Waals surface area contributed by atoms with Gasteiger partial charge >= 0.3 is 23.1 Å². The number of ketones is 1. The van der Waals surface area contributed by atoms with Gasteiger partial charge in [0, 0.05) is 10.8 Å². The van der Waals surface area contributed by atoms with Gasteiger partial charge in [0.1, 0.15) is 11.4 Å². The van der Waals surface area contributed by atoms with Gasteiger partial charge in [-0.25, -0.2) is 0 Å². The van der Waals surface area contributed by atoms with Crippen LogP contribution in [0.2, 0.25) is 0 Å². The number of aliphatic hydroxyl groups is 1. The zero-order valence-corrected chi connectivity index (χ0v) is 15.9. The molecule has 20 heavy (non-hydrogen) atoms. The summed E-state index contributed by atoms with van der Waals surface area (Å²) in [6.07, 6.45) is 18.5. The first-order valence-corrected chi connectivity index (χ1v) is 6.17. The first-order chi connectivity index (χ1) is 8.17. The fraction of sp³-hybridized carbons (Fsp3) is 0.688. The first kappa shape index (κ1) is 25.0. The summed E-state index contributed by atoms with van der Waals surface area (Å²) >= 11 is 0. The van der Waals surface area contributed by atoms with Crippen molar-refractivity contribution in [2.45, 2.75) is 59.0 Å². The quantitative estimate of drug-likeness (QED) is 0.409. The van der Waals surface area contributed by atoms with Crippen LogP contribution in [0, 0.1) is 36.0 Å². The van der Waals surface area contributed by atoms with Gasteiger partial charge in [-0.15, -0.1) is 6.42 Å². The molecule has 2 nitrogen and oxygen atoms in total. The third-order valence-electron chi connectivity index (χ3n) is 4.31. The number of carbonyl (C=O) groups excluding carboxylic acids is 1. The van der Waals surface area contributed by atoms with Gasteiger partial charge in [0.05, 0.1) is 0 Å². The molecule has 2 rings (SSSR count). The van der Waals surface area contributed by atoms with Crippen molar-refractivity contribution in [3.8, 4) is 18.8 Å². The van der Waals surface area contributed by atoms with Crippen molar-refractivity contribution in [2.75, 3.05) is 0 Å². The topological polar surface area (TPSA) is 37.3 Å². The van der Waals surface area contributed by atoms with Crippen LogP contribution in [0.5, 0.6) is 0 Å². The Morgan fingerprint density at radius 3 is 1.65 bits per heavy atom. The Labute approximate surface area is 150 Å². The SMILES string of the molecule is C#CC(C)(O)C1(C)CC1.CC(=O)C1(C)CC1.[Br-].[C-]#C.[Mg+2]. The monoisotopic (exact) mass is 350 g/mol. The first-order valence-electron chi connectivity index (χ1n) is 6.17. The van der Waals surface area contributed by atoms with E-state index in [2.05, 4.69) is 12.3 Å². The molecule has 0 radical (unpaired) electrons. The van der Waals surface area contributed by atoms with Crippen LogP contribution in [-0.4, -0.2) is 39.5 Å². The van der Waals surface area contributed by atoms with E-state index in [1.807, 2.05) is 13.8 Å². The molecular weight excluding hydrogens is 328 g/mol. The Morgan fingerprint density at radius 2 is 1.60 bits per heavy atom. The second-order valence-corrected chi connectivity index (χ2v) is 5.89. The molecule has 0 amide bonds. The van der Waals surface area contributed by atoms with Crippen LogP contribution in [0.15, 0.2) is 0 Å². The summed E-state index contributed by atoms with van der Waals surface area (Å²) in [7, 11) is 0. The van der Waals surface area contributed by atoms with Gasteiger partial charge in [-0.3, -0.25) is 4.79 Å². The number of carbonyl (C=O) groups is 1. The number of halogens is 1. The molecule has 0 spiro atoms. The zero-order chi connectivity index (χ0) is 14.6. The van der Waals surface area contributed by atoms with E-state index in [-0.39, 0.29) is 50.9 Å². The molecule has 2 aliphatic carbocycles. The van der Waals surface area contributed by atoms with E-state index in [0.29, 0.717) is 5.78 Å². The Morgan fingerprint density at radius 1 is 1.25 bits per heavy atom. The van der Waals surface area contributed by atoms with E-state index >= 15 is 0 Å². The fourth-order valence-electron chi connectivity index (χ4n) is 1.39. The molecule has 0 saturated heterocycles. The molecule has 0 aromatic heterocycles. The number of Topliss-reactive ketones (excluding diaryl/α,β-unsaturated/α-hetero) is 1. The Hall–Kier alpha value is -0.00377. The molecule has 1 N–H and O–H groups in total. The molecule has 1 unspecified atom stereocenters. The van der Waals surface area contributed by atoms with Crippen molar-refractivity contribution >= 4 is 28.8 Å². The van der Waals surface area contributed by atoms with E-state index in [0.717, 1.165) is 25.7 Å². The van der Waals surface area contributed by atoms with Gasteiger partial charge in [-0.1, -0.05) is 19.8 Å². The van der Waals surface area contributed by atoms with Crippen LogP contribution in [-0.2, 0) is 4.79 Å². The Kier molecular flexibility index (Phi) is 11.4. The van der Waals surface area contributed by atoms with Crippen molar-refractivity contribution in [2.24, 2.45) is 10.8 Å². The van der Waals surface area contributed by atoms with Crippen LogP contribution in [0.4, 0.5) is 0 Å². The van der Waals surface area contributed by atoms with E-state index in [9.17, 15) is 9.90 Å². The summed E-state index contributed by atoms with van der Waals surface area (Å²) in [6, 6.07) is 0. The maximum Gasteiger partial charge on any atom is 2.00 e. The molecule has 108 valence electrons. The van der Waals surface area contributed by atoms with Gasteiger partial charge in [0.2, 0.25) is 0 Å². The molecule has 2 fully saturated rings. The van der Waals surface area contributed by atoms with Crippen LogP contribution in [0.25, 0.3) is 0 Å². The predicted molar refractivity (Wildman–Crippen MR) is 78.8 cm³/mol. The Balaban J connectivity index is -0.000000240. The van der Waals surface area contributed by atoms with Crippen molar-refractivity contribution < 1.29 is 26.9 Å². The number of rotatable bonds is 2. The minimum atomic E-state index is -0.882. The molecule has 2 aliphatic rings. The van der Waals surface area contributed by atoms with Crippen molar-refractivity contribution in [1.29, 1.82) is 0 Å². The molecule has 0 aromatic carbocycles. The third-order valence-corrected chi connectivity index (χ3v) is 4.31. The summed E-state index contributed by atoms with van der Waals surface area (Å²) in [5.41, 5.74) is -0.755. The number of terminal acetylenes is 2. The second kappa shape index (κ2) is 9.10. The van der Waals surface area contributed by atoms with Crippen LogP contribution >= 0.6 is 0 Å². The van der Waals surface area contributed by atoms with E-state index in [1.165, 1.54) is 0 Å². The van der Waals surface area contributed by atoms with Gasteiger partial charge in [-0.2, -0.15) is 0 Å². The van der Waals surface area contributed by atoms with Crippen LogP contribution < -0.4 is 17.0 Å². The van der Waals surface area contributed by atoms with Crippen LogP contribution in [0.3, 0.4) is 0 Å². The summed E-state index contributed by atoms with van der Waals surface area (Å²) < 4.78 is 0. The molecule has 0 aromatic rings. The smallest absolute Gasteiger partial charge is 1.00 e. The summed E-state index contributed by atoms with van der Waals surface area (Å²) in [5.74, 6) is 2.75. The molecule has 1 atom stereocenters. The largest absolute Gasteiger partial charge is 2.00 e. The summed E-state index contributed by atoms with van der Waals surface area (Å²) in [5, 5.41) is 9.49. The maximum absolute atomic E-state index is 10.5. The van der Waals surface area contributed by atoms with Crippen molar-refractivity contribution in [1.82, 2.24) is 0 Å². The average Bonchev–Trinajstić information content (AvgIpc) is 3.23. The molecular formula is C16H23BrMgO2. The van der Waals surface area contributed by atoms with Crippen molar-refractivity contribution in [3.63, 3.8) is 0 Å². The van der Waals surface area contributed by atoms with Gasteiger partial charge < -0.3 is 34.9 Å². The van der Waals surface area contributed by atoms with E-state index < -0.39 is 5.60 Å². The molecule has 0 bridgehead atoms. The third kappa shape index (κ3) is 6.63. The molecule has 4 heteroatoms. The number of hydrogen-bond acceptors (Lipinski definition) is 2. The average molecular weight is 352 g/mol.